The molecular formula is C5H10N2O2. The molecular weight excluding hydrogens is 120 g/mol. The lowest BCUT2D eigenvalue weighted by molar-refractivity contribution is -0.0292. The van der Waals surface area contributed by atoms with Crippen molar-refractivity contribution in [3.63, 3.8) is 0 Å². The number of amides is 2. The summed E-state index contributed by atoms with van der Waals surface area (Å²) < 4.78 is 4.88. The van der Waals surface area contributed by atoms with Gasteiger partial charge in [-0.1, -0.05) is 0 Å². The van der Waals surface area contributed by atoms with Crippen molar-refractivity contribution < 1.29 is 9.53 Å². The molecule has 52 valence electrons. The summed E-state index contributed by atoms with van der Waals surface area (Å²) in [6.45, 7) is 2.15. The number of urea groups is 1. The van der Waals surface area contributed by atoms with Gasteiger partial charge in [0.05, 0.1) is 13.2 Å². The third-order valence-electron chi connectivity index (χ3n) is 1.27. The van der Waals surface area contributed by atoms with Crippen molar-refractivity contribution >= 4 is 6.03 Å². The molecule has 1 aliphatic rings. The fourth-order valence-electron chi connectivity index (χ4n) is 0.647. The Morgan fingerprint density at radius 3 is 2.78 bits per heavy atom. The van der Waals surface area contributed by atoms with E-state index in [4.69, 9.17) is 10.5 Å². The topological polar surface area (TPSA) is 64.4 Å². The Balaban J connectivity index is 1.97. The fraction of sp³-hybridized carbons (Fsp3) is 0.800. The van der Waals surface area contributed by atoms with Crippen LogP contribution in [0.3, 0.4) is 0 Å². The van der Waals surface area contributed by atoms with Crippen LogP contribution in [0.5, 0.6) is 0 Å². The molecule has 1 fully saturated rings. The lowest BCUT2D eigenvalue weighted by atomic mass is 10.1. The summed E-state index contributed by atoms with van der Waals surface area (Å²) in [7, 11) is 0. The van der Waals surface area contributed by atoms with Gasteiger partial charge in [-0.2, -0.15) is 0 Å². The molecule has 4 nitrogen and oxygen atoms in total. The molecule has 0 saturated carbocycles. The number of hydrogen-bond acceptors (Lipinski definition) is 2. The van der Waals surface area contributed by atoms with Crippen LogP contribution in [0.2, 0.25) is 0 Å². The van der Waals surface area contributed by atoms with Crippen molar-refractivity contribution in [3.05, 3.63) is 0 Å². The fourth-order valence-corrected chi connectivity index (χ4v) is 0.647. The second-order valence-corrected chi connectivity index (χ2v) is 2.15. The molecule has 1 aliphatic heterocycles. The summed E-state index contributed by atoms with van der Waals surface area (Å²) in [5, 5.41) is 2.51. The van der Waals surface area contributed by atoms with Crippen LogP contribution in [0.15, 0.2) is 0 Å². The number of primary amides is 1. The van der Waals surface area contributed by atoms with Crippen LogP contribution in [0.25, 0.3) is 0 Å². The number of nitrogens with two attached hydrogens (primary N) is 1. The zero-order valence-corrected chi connectivity index (χ0v) is 5.09. The van der Waals surface area contributed by atoms with E-state index in [1.807, 2.05) is 0 Å². The Labute approximate surface area is 53.4 Å². The van der Waals surface area contributed by atoms with Gasteiger partial charge in [-0.25, -0.2) is 4.79 Å². The predicted molar refractivity (Wildman–Crippen MR) is 31.9 cm³/mol. The van der Waals surface area contributed by atoms with Gasteiger partial charge in [0.2, 0.25) is 0 Å². The first kappa shape index (κ1) is 6.35. The van der Waals surface area contributed by atoms with E-state index in [-0.39, 0.29) is 0 Å². The molecule has 3 N–H and O–H groups in total. The van der Waals surface area contributed by atoms with Crippen molar-refractivity contribution in [2.45, 2.75) is 0 Å². The largest absolute Gasteiger partial charge is 0.381 e. The van der Waals surface area contributed by atoms with Crippen LogP contribution in [0.1, 0.15) is 0 Å². The molecule has 1 saturated heterocycles. The van der Waals surface area contributed by atoms with E-state index < -0.39 is 6.03 Å². The van der Waals surface area contributed by atoms with E-state index >= 15 is 0 Å². The van der Waals surface area contributed by atoms with Gasteiger partial charge in [-0.05, 0) is 0 Å². The molecule has 2 amide bonds. The van der Waals surface area contributed by atoms with E-state index in [1.165, 1.54) is 0 Å². The third-order valence-corrected chi connectivity index (χ3v) is 1.27. The molecule has 0 aromatic carbocycles. The first-order valence-electron chi connectivity index (χ1n) is 2.90. The van der Waals surface area contributed by atoms with Gasteiger partial charge in [0, 0.05) is 12.5 Å². The minimum Gasteiger partial charge on any atom is -0.381 e. The second-order valence-electron chi connectivity index (χ2n) is 2.15. The monoisotopic (exact) mass is 130 g/mol. The Morgan fingerprint density at radius 1 is 1.78 bits per heavy atom. The van der Waals surface area contributed by atoms with Gasteiger partial charge >= 0.3 is 6.03 Å². The lowest BCUT2D eigenvalue weighted by Gasteiger charge is -2.25. The summed E-state index contributed by atoms with van der Waals surface area (Å²) in [4.78, 5) is 10.1. The number of nitrogens with one attached hydrogen (secondary N) is 1. The van der Waals surface area contributed by atoms with Gasteiger partial charge in [0.25, 0.3) is 0 Å². The standard InChI is InChI=1S/C5H10N2O2/c6-5(8)7-1-4-2-9-3-4/h4H,1-3H2,(H3,6,7,8). The first-order valence-corrected chi connectivity index (χ1v) is 2.90. The Morgan fingerprint density at radius 2 is 2.44 bits per heavy atom. The van der Waals surface area contributed by atoms with Gasteiger partial charge in [-0.3, -0.25) is 0 Å². The van der Waals surface area contributed by atoms with Crippen LogP contribution in [0.4, 0.5) is 4.79 Å². The van der Waals surface area contributed by atoms with Gasteiger partial charge in [-0.15, -0.1) is 0 Å². The van der Waals surface area contributed by atoms with Gasteiger partial charge in [0.15, 0.2) is 0 Å². The van der Waals surface area contributed by atoms with Gasteiger partial charge in [0.1, 0.15) is 0 Å². The Hall–Kier alpha value is -0.770. The highest BCUT2D eigenvalue weighted by Gasteiger charge is 2.17. The van der Waals surface area contributed by atoms with Crippen LogP contribution < -0.4 is 11.1 Å². The summed E-state index contributed by atoms with van der Waals surface area (Å²) in [6, 6.07) is -0.457. The summed E-state index contributed by atoms with van der Waals surface area (Å²) in [5.74, 6) is 0.484. The molecule has 0 atom stereocenters. The molecule has 0 unspecified atom stereocenters. The van der Waals surface area contributed by atoms with E-state index in [0.29, 0.717) is 12.5 Å². The van der Waals surface area contributed by atoms with E-state index in [9.17, 15) is 4.79 Å². The summed E-state index contributed by atoms with van der Waals surface area (Å²) in [6.07, 6.45) is 0. The van der Waals surface area contributed by atoms with Crippen LogP contribution in [-0.2, 0) is 4.74 Å². The first-order chi connectivity index (χ1) is 4.29. The third kappa shape index (κ3) is 1.89. The second kappa shape index (κ2) is 2.68. The van der Waals surface area contributed by atoms with E-state index in [2.05, 4.69) is 5.32 Å². The molecule has 9 heavy (non-hydrogen) atoms. The summed E-state index contributed by atoms with van der Waals surface area (Å²) in [5.41, 5.74) is 4.83. The quantitative estimate of drug-likeness (QED) is 0.519. The molecule has 0 aromatic heterocycles. The average molecular weight is 130 g/mol. The highest BCUT2D eigenvalue weighted by molar-refractivity contribution is 5.71. The smallest absolute Gasteiger partial charge is 0.312 e. The zero-order chi connectivity index (χ0) is 6.69. The SMILES string of the molecule is NC(=O)NCC1COC1. The number of carbonyl (C=O) groups excluding carboxylic acids is 1. The number of hydrogen-bond donors (Lipinski definition) is 2. The highest BCUT2D eigenvalue weighted by atomic mass is 16.5. The van der Waals surface area contributed by atoms with Gasteiger partial charge < -0.3 is 15.8 Å². The maximum Gasteiger partial charge on any atom is 0.312 e. The minimum absolute atomic E-state index is 0.457. The summed E-state index contributed by atoms with van der Waals surface area (Å²) >= 11 is 0. The van der Waals surface area contributed by atoms with E-state index in [0.717, 1.165) is 13.2 Å². The van der Waals surface area contributed by atoms with Crippen LogP contribution in [0, 0.1) is 5.92 Å². The Kier molecular flexibility index (Phi) is 1.89. The lowest BCUT2D eigenvalue weighted by Crippen LogP contribution is -2.41. The highest BCUT2D eigenvalue weighted by Crippen LogP contribution is 2.06. The molecule has 0 bridgehead atoms. The van der Waals surface area contributed by atoms with Crippen molar-refractivity contribution in [2.24, 2.45) is 11.7 Å². The molecule has 0 spiro atoms. The molecule has 0 radical (unpaired) electrons. The average Bonchev–Trinajstić information content (AvgIpc) is 1.60. The van der Waals surface area contributed by atoms with Crippen molar-refractivity contribution in [2.75, 3.05) is 19.8 Å². The van der Waals surface area contributed by atoms with E-state index in [1.54, 1.807) is 0 Å². The van der Waals surface area contributed by atoms with Crippen LogP contribution in [-0.4, -0.2) is 25.8 Å². The minimum atomic E-state index is -0.457. The molecule has 4 heteroatoms. The maximum absolute atomic E-state index is 10.1. The molecule has 1 rings (SSSR count). The maximum atomic E-state index is 10.1. The normalized spacial score (nSPS) is 18.7. The molecule has 0 aliphatic carbocycles. The number of rotatable bonds is 2. The van der Waals surface area contributed by atoms with Crippen molar-refractivity contribution in [3.8, 4) is 0 Å². The van der Waals surface area contributed by atoms with Crippen molar-refractivity contribution in [1.82, 2.24) is 5.32 Å². The Bertz CT molecular complexity index is 112. The predicted octanol–water partition coefficient (Wildman–Crippen LogP) is -0.699. The number of carbonyl (C=O) groups is 1. The van der Waals surface area contributed by atoms with Crippen LogP contribution >= 0.6 is 0 Å². The molecule has 0 aromatic rings. The number of ether oxygens (including phenoxy) is 1. The molecule has 1 heterocycles. The van der Waals surface area contributed by atoms with Crippen molar-refractivity contribution in [1.29, 1.82) is 0 Å². The zero-order valence-electron chi connectivity index (χ0n) is 5.09.